The zero-order valence-corrected chi connectivity index (χ0v) is 10.4. The van der Waals surface area contributed by atoms with Crippen molar-refractivity contribution in [2.75, 3.05) is 19.0 Å². The molecule has 0 aromatic rings. The molecule has 94 valence electrons. The van der Waals surface area contributed by atoms with Gasteiger partial charge in [0.2, 0.25) is 0 Å². The maximum atomic E-state index is 10.7. The third-order valence-electron chi connectivity index (χ3n) is 2.44. The molecule has 1 aliphatic carbocycles. The Kier molecular flexibility index (Phi) is 5.86. The summed E-state index contributed by atoms with van der Waals surface area (Å²) in [4.78, 5) is 32.0. The minimum Gasteiger partial charge on any atom is -0.377 e. The van der Waals surface area contributed by atoms with Gasteiger partial charge in [-0.15, -0.1) is 0 Å². The summed E-state index contributed by atoms with van der Waals surface area (Å²) in [5, 5.41) is 0. The Morgan fingerprint density at radius 2 is 1.94 bits per heavy atom. The van der Waals surface area contributed by atoms with Gasteiger partial charge in [0, 0.05) is 6.61 Å². The van der Waals surface area contributed by atoms with Crippen LogP contribution in [0.1, 0.15) is 12.8 Å². The van der Waals surface area contributed by atoms with Gasteiger partial charge in [-0.05, 0) is 24.2 Å². The van der Waals surface area contributed by atoms with Crippen molar-refractivity contribution < 1.29 is 19.1 Å². The van der Waals surface area contributed by atoms with Crippen LogP contribution in [0.2, 0.25) is 0 Å². The zero-order valence-electron chi connectivity index (χ0n) is 9.54. The lowest BCUT2D eigenvalue weighted by Crippen LogP contribution is -2.11. The van der Waals surface area contributed by atoms with Crippen LogP contribution in [0.15, 0.2) is 23.8 Å². The van der Waals surface area contributed by atoms with Crippen molar-refractivity contribution in [2.45, 2.75) is 12.8 Å². The van der Waals surface area contributed by atoms with E-state index < -0.39 is 10.0 Å². The molecule has 0 aromatic heterocycles. The number of allylic oxidation sites excluding steroid dienone is 2. The first-order valence-corrected chi connectivity index (χ1v) is 7.35. The second kappa shape index (κ2) is 7.19. The molecule has 0 saturated heterocycles. The molecule has 0 aliphatic heterocycles. The summed E-state index contributed by atoms with van der Waals surface area (Å²) in [7, 11) is -2.36. The van der Waals surface area contributed by atoms with E-state index in [4.69, 9.17) is 4.74 Å². The van der Waals surface area contributed by atoms with Crippen LogP contribution in [0.5, 0.6) is 0 Å². The normalized spacial score (nSPS) is 15.4. The molecule has 0 spiro atoms. The first-order valence-electron chi connectivity index (χ1n) is 5.36. The van der Waals surface area contributed by atoms with E-state index in [9.17, 15) is 14.4 Å². The fourth-order valence-corrected chi connectivity index (χ4v) is 2.47. The summed E-state index contributed by atoms with van der Waals surface area (Å²) < 4.78 is 5.39. The molecular formula is C12H16O4S. The minimum absolute atomic E-state index is 0.290. The van der Waals surface area contributed by atoms with Crippen LogP contribution in [0.25, 0.3) is 0 Å². The van der Waals surface area contributed by atoms with Crippen molar-refractivity contribution in [1.29, 1.82) is 0 Å². The Morgan fingerprint density at radius 3 is 2.47 bits per heavy atom. The largest absolute Gasteiger partial charge is 0.377 e. The fourth-order valence-electron chi connectivity index (χ4n) is 1.43. The summed E-state index contributed by atoms with van der Waals surface area (Å²) in [6.07, 6.45) is 7.64. The molecule has 5 heteroatoms. The van der Waals surface area contributed by atoms with Crippen LogP contribution in [-0.4, -0.2) is 35.8 Å². The van der Waals surface area contributed by atoms with E-state index in [1.165, 1.54) is 0 Å². The van der Waals surface area contributed by atoms with E-state index in [0.29, 0.717) is 42.2 Å². The lowest BCUT2D eigenvalue weighted by molar-refractivity contribution is 0.159. The first-order chi connectivity index (χ1) is 8.26. The quantitative estimate of drug-likeness (QED) is 0.465. The van der Waals surface area contributed by atoms with E-state index in [2.05, 4.69) is 12.2 Å². The molecule has 4 nitrogen and oxygen atoms in total. The summed E-state index contributed by atoms with van der Waals surface area (Å²) in [6, 6.07) is 0. The van der Waals surface area contributed by atoms with Crippen LogP contribution in [0.3, 0.4) is 0 Å². The number of ether oxygens (including phenoxy) is 1. The second-order valence-corrected chi connectivity index (χ2v) is 6.53. The van der Waals surface area contributed by atoms with Crippen LogP contribution < -0.4 is 0 Å². The molecule has 0 fully saturated rings. The average Bonchev–Trinajstić information content (AvgIpc) is 2.88. The van der Waals surface area contributed by atoms with Gasteiger partial charge >= 0.3 is 0 Å². The van der Waals surface area contributed by atoms with Gasteiger partial charge in [-0.2, -0.15) is 0 Å². The summed E-state index contributed by atoms with van der Waals surface area (Å²) in [5.74, 6) is 0.290. The Balaban J connectivity index is 2.18. The third-order valence-corrected chi connectivity index (χ3v) is 4.51. The molecule has 0 saturated carbocycles. The van der Waals surface area contributed by atoms with Gasteiger partial charge in [0.15, 0.2) is 16.9 Å². The molecule has 0 N–H and O–H groups in total. The highest BCUT2D eigenvalue weighted by Gasteiger charge is 2.21. The highest BCUT2D eigenvalue weighted by Crippen LogP contribution is 2.38. The van der Waals surface area contributed by atoms with Gasteiger partial charge in [0.05, 0.1) is 6.61 Å². The maximum Gasteiger partial charge on any atom is 0.171 e. The Labute approximate surface area is 102 Å². The SMILES string of the molecule is O=CS(C=O)(C=O)CCCOCC1=CCC=C1. The average molecular weight is 256 g/mol. The van der Waals surface area contributed by atoms with Crippen LogP contribution in [0, 0.1) is 0 Å². The van der Waals surface area contributed by atoms with Gasteiger partial charge in [-0.3, -0.25) is 14.4 Å². The minimum atomic E-state index is -2.36. The highest BCUT2D eigenvalue weighted by molar-refractivity contribution is 8.61. The van der Waals surface area contributed by atoms with Crippen molar-refractivity contribution >= 4 is 26.9 Å². The van der Waals surface area contributed by atoms with Crippen LogP contribution in [0.4, 0.5) is 0 Å². The second-order valence-electron chi connectivity index (χ2n) is 3.72. The molecule has 1 rings (SSSR count). The molecule has 0 bridgehead atoms. The van der Waals surface area contributed by atoms with E-state index in [1.54, 1.807) is 0 Å². The first kappa shape index (κ1) is 13.9. The molecule has 0 amide bonds. The predicted molar refractivity (Wildman–Crippen MR) is 70.0 cm³/mol. The Morgan fingerprint density at radius 1 is 1.24 bits per heavy atom. The molecule has 0 atom stereocenters. The Bertz CT molecular complexity index is 325. The summed E-state index contributed by atoms with van der Waals surface area (Å²) in [6.45, 7) is 0.998. The Hall–Kier alpha value is -1.20. The maximum absolute atomic E-state index is 10.7. The number of hydrogen-bond donors (Lipinski definition) is 0. The summed E-state index contributed by atoms with van der Waals surface area (Å²) >= 11 is 0. The number of carbonyl (C=O) groups is 3. The van der Waals surface area contributed by atoms with Gasteiger partial charge in [0.1, 0.15) is 0 Å². The number of hydrogen-bond acceptors (Lipinski definition) is 4. The van der Waals surface area contributed by atoms with E-state index in [0.717, 1.165) is 12.0 Å². The molecule has 0 heterocycles. The van der Waals surface area contributed by atoms with Crippen molar-refractivity contribution in [3.63, 3.8) is 0 Å². The van der Waals surface area contributed by atoms with Gasteiger partial charge in [-0.25, -0.2) is 0 Å². The van der Waals surface area contributed by atoms with Gasteiger partial charge in [0.25, 0.3) is 0 Å². The topological polar surface area (TPSA) is 60.4 Å². The molecule has 0 unspecified atom stereocenters. The van der Waals surface area contributed by atoms with Crippen molar-refractivity contribution in [2.24, 2.45) is 0 Å². The van der Waals surface area contributed by atoms with E-state index >= 15 is 0 Å². The lowest BCUT2D eigenvalue weighted by Gasteiger charge is -2.18. The van der Waals surface area contributed by atoms with Crippen molar-refractivity contribution in [3.8, 4) is 0 Å². The van der Waals surface area contributed by atoms with Crippen molar-refractivity contribution in [1.82, 2.24) is 0 Å². The smallest absolute Gasteiger partial charge is 0.171 e. The monoisotopic (exact) mass is 256 g/mol. The standard InChI is InChI=1S/C12H16O4S/c13-9-17(10-14,11-15)7-3-6-16-8-12-4-1-2-5-12/h1,4-5,9-11H,2-3,6-8H2. The van der Waals surface area contributed by atoms with E-state index in [1.807, 2.05) is 6.08 Å². The zero-order chi connectivity index (χ0) is 12.6. The third kappa shape index (κ3) is 4.28. The lowest BCUT2D eigenvalue weighted by atomic mass is 10.3. The van der Waals surface area contributed by atoms with E-state index in [-0.39, 0.29) is 0 Å². The predicted octanol–water partition coefficient (Wildman–Crippen LogP) is 1.65. The van der Waals surface area contributed by atoms with Crippen LogP contribution >= 0.6 is 10.0 Å². The fraction of sp³-hybridized carbons (Fsp3) is 0.417. The number of rotatable bonds is 9. The molecule has 17 heavy (non-hydrogen) atoms. The summed E-state index contributed by atoms with van der Waals surface area (Å²) in [5.41, 5.74) is 2.59. The van der Waals surface area contributed by atoms with Gasteiger partial charge in [-0.1, -0.05) is 28.3 Å². The van der Waals surface area contributed by atoms with Crippen molar-refractivity contribution in [3.05, 3.63) is 23.8 Å². The number of carbonyl (C=O) groups excluding carboxylic acids is 3. The highest BCUT2D eigenvalue weighted by atomic mass is 32.3. The van der Waals surface area contributed by atoms with Gasteiger partial charge < -0.3 is 4.74 Å². The molecule has 0 radical (unpaired) electrons. The van der Waals surface area contributed by atoms with Crippen LogP contribution in [-0.2, 0) is 19.1 Å². The molecular weight excluding hydrogens is 240 g/mol. The molecule has 1 aliphatic rings. The molecule has 0 aromatic carbocycles.